The van der Waals surface area contributed by atoms with Crippen LogP contribution in [0.2, 0.25) is 0 Å². The molecule has 1 atom stereocenters. The van der Waals surface area contributed by atoms with Crippen molar-refractivity contribution in [1.82, 2.24) is 0 Å². The van der Waals surface area contributed by atoms with Crippen molar-refractivity contribution in [3.63, 3.8) is 0 Å². The fraction of sp³-hybridized carbons (Fsp3) is 0.778. The van der Waals surface area contributed by atoms with Crippen molar-refractivity contribution in [3.8, 4) is 0 Å². The number of rotatable bonds is 7. The molecule has 0 spiro atoms. The highest BCUT2D eigenvalue weighted by molar-refractivity contribution is 6.18. The van der Waals surface area contributed by atoms with E-state index in [1.165, 1.54) is 0 Å². The highest BCUT2D eigenvalue weighted by atomic mass is 35.5. The Kier molecular flexibility index (Phi) is 8.08. The van der Waals surface area contributed by atoms with E-state index in [0.29, 0.717) is 11.8 Å². The first-order valence-corrected chi connectivity index (χ1v) is 4.59. The molecule has 1 unspecified atom stereocenters. The van der Waals surface area contributed by atoms with Gasteiger partial charge in [-0.25, -0.2) is 0 Å². The second-order valence-corrected chi connectivity index (χ2v) is 3.07. The summed E-state index contributed by atoms with van der Waals surface area (Å²) < 4.78 is 5.36. The van der Waals surface area contributed by atoms with Gasteiger partial charge in [0.05, 0.1) is 6.61 Å². The molecule has 0 aliphatic rings. The Labute approximate surface area is 74.4 Å². The normalized spacial score (nSPS) is 12.9. The molecule has 0 heterocycles. The van der Waals surface area contributed by atoms with Crippen molar-refractivity contribution in [2.45, 2.75) is 19.8 Å². The molecule has 0 aliphatic carbocycles. The van der Waals surface area contributed by atoms with Gasteiger partial charge in [-0.3, -0.25) is 0 Å². The van der Waals surface area contributed by atoms with Gasteiger partial charge in [0.15, 0.2) is 0 Å². The van der Waals surface area contributed by atoms with Crippen molar-refractivity contribution in [2.75, 3.05) is 19.1 Å². The summed E-state index contributed by atoms with van der Waals surface area (Å²) in [6.45, 7) is 7.32. The number of ether oxygens (including phenoxy) is 1. The summed E-state index contributed by atoms with van der Waals surface area (Å²) in [5.74, 6) is 1.15. The van der Waals surface area contributed by atoms with Crippen molar-refractivity contribution in [2.24, 2.45) is 5.92 Å². The third kappa shape index (κ3) is 7.89. The second-order valence-electron chi connectivity index (χ2n) is 2.77. The lowest BCUT2D eigenvalue weighted by atomic mass is 10.2. The molecular formula is C9H17ClO. The summed E-state index contributed by atoms with van der Waals surface area (Å²) in [4.78, 5) is 0. The van der Waals surface area contributed by atoms with Crippen LogP contribution < -0.4 is 0 Å². The van der Waals surface area contributed by atoms with E-state index in [-0.39, 0.29) is 0 Å². The highest BCUT2D eigenvalue weighted by Crippen LogP contribution is 1.99. The first-order chi connectivity index (χ1) is 5.31. The molecule has 0 saturated carbocycles. The van der Waals surface area contributed by atoms with E-state index >= 15 is 0 Å². The Bertz CT molecular complexity index is 93.6. The van der Waals surface area contributed by atoms with E-state index in [0.717, 1.165) is 26.1 Å². The minimum atomic E-state index is 0.473. The lowest BCUT2D eigenvalue weighted by Gasteiger charge is -2.07. The molecule has 0 fully saturated rings. The van der Waals surface area contributed by atoms with Gasteiger partial charge in [0.25, 0.3) is 0 Å². The van der Waals surface area contributed by atoms with Gasteiger partial charge >= 0.3 is 0 Å². The standard InChI is InChI=1S/C9H17ClO/c1-3-4-5-6-11-8-9(2)7-10/h3,9H,1,4-8H2,2H3. The van der Waals surface area contributed by atoms with Crippen LogP contribution in [0.15, 0.2) is 12.7 Å². The van der Waals surface area contributed by atoms with Gasteiger partial charge in [0.1, 0.15) is 0 Å². The van der Waals surface area contributed by atoms with Crippen LogP contribution in [0.3, 0.4) is 0 Å². The number of unbranched alkanes of at least 4 members (excludes halogenated alkanes) is 1. The quantitative estimate of drug-likeness (QED) is 0.329. The van der Waals surface area contributed by atoms with Crippen molar-refractivity contribution >= 4 is 11.6 Å². The SMILES string of the molecule is C=CCCCOCC(C)CCl. The summed E-state index contributed by atoms with van der Waals surface area (Å²) in [5, 5.41) is 0. The van der Waals surface area contributed by atoms with E-state index in [2.05, 4.69) is 13.5 Å². The second kappa shape index (κ2) is 8.09. The molecule has 0 aromatic heterocycles. The van der Waals surface area contributed by atoms with E-state index in [1.807, 2.05) is 6.08 Å². The van der Waals surface area contributed by atoms with Crippen LogP contribution >= 0.6 is 11.6 Å². The Morgan fingerprint density at radius 1 is 1.64 bits per heavy atom. The third-order valence-corrected chi connectivity index (χ3v) is 1.89. The number of allylic oxidation sites excluding steroid dienone is 1. The fourth-order valence-corrected chi connectivity index (χ4v) is 0.748. The lowest BCUT2D eigenvalue weighted by Crippen LogP contribution is -2.07. The van der Waals surface area contributed by atoms with Crippen LogP contribution in [-0.2, 0) is 4.74 Å². The summed E-state index contributed by atoms with van der Waals surface area (Å²) >= 11 is 5.60. The van der Waals surface area contributed by atoms with Gasteiger partial charge in [0, 0.05) is 12.5 Å². The molecule has 0 N–H and O–H groups in total. The molecule has 11 heavy (non-hydrogen) atoms. The maximum atomic E-state index is 5.60. The maximum absolute atomic E-state index is 5.60. The molecule has 0 aliphatic heterocycles. The van der Waals surface area contributed by atoms with Crippen LogP contribution in [0.25, 0.3) is 0 Å². The molecule has 66 valence electrons. The number of hydrogen-bond acceptors (Lipinski definition) is 1. The molecular weight excluding hydrogens is 160 g/mol. The Balaban J connectivity index is 2.95. The van der Waals surface area contributed by atoms with Crippen LogP contribution in [0.4, 0.5) is 0 Å². The smallest absolute Gasteiger partial charge is 0.0503 e. The molecule has 0 rings (SSSR count). The predicted molar refractivity (Wildman–Crippen MR) is 50.1 cm³/mol. The van der Waals surface area contributed by atoms with Gasteiger partial charge in [-0.15, -0.1) is 18.2 Å². The monoisotopic (exact) mass is 176 g/mol. The molecule has 0 aromatic rings. The molecule has 1 nitrogen and oxygen atoms in total. The minimum absolute atomic E-state index is 0.473. The van der Waals surface area contributed by atoms with Crippen LogP contribution in [0, 0.1) is 5.92 Å². The molecule has 2 heteroatoms. The molecule has 0 aromatic carbocycles. The Hall–Kier alpha value is -0.0100. The number of alkyl halides is 1. The van der Waals surface area contributed by atoms with E-state index in [4.69, 9.17) is 16.3 Å². The largest absolute Gasteiger partial charge is 0.381 e. The molecule has 0 bridgehead atoms. The zero-order valence-electron chi connectivity index (χ0n) is 7.18. The van der Waals surface area contributed by atoms with Crippen molar-refractivity contribution in [3.05, 3.63) is 12.7 Å². The average Bonchev–Trinajstić information content (AvgIpc) is 2.04. The highest BCUT2D eigenvalue weighted by Gasteiger charge is 1.97. The predicted octanol–water partition coefficient (Wildman–Crippen LogP) is 2.84. The first-order valence-electron chi connectivity index (χ1n) is 4.05. The van der Waals surface area contributed by atoms with Gasteiger partial charge in [-0.1, -0.05) is 13.0 Å². The van der Waals surface area contributed by atoms with Gasteiger partial charge < -0.3 is 4.74 Å². The van der Waals surface area contributed by atoms with E-state index in [9.17, 15) is 0 Å². The van der Waals surface area contributed by atoms with Gasteiger partial charge in [0.2, 0.25) is 0 Å². The van der Waals surface area contributed by atoms with E-state index < -0.39 is 0 Å². The number of halogens is 1. The zero-order valence-corrected chi connectivity index (χ0v) is 7.94. The summed E-state index contributed by atoms with van der Waals surface area (Å²) in [6.07, 6.45) is 4.02. The summed E-state index contributed by atoms with van der Waals surface area (Å²) in [7, 11) is 0. The molecule has 0 amide bonds. The van der Waals surface area contributed by atoms with Gasteiger partial charge in [-0.05, 0) is 18.8 Å². The van der Waals surface area contributed by atoms with Crippen LogP contribution in [0.1, 0.15) is 19.8 Å². The topological polar surface area (TPSA) is 9.23 Å². The average molecular weight is 177 g/mol. The van der Waals surface area contributed by atoms with Crippen molar-refractivity contribution < 1.29 is 4.74 Å². The molecule has 0 saturated heterocycles. The fourth-order valence-electron chi connectivity index (χ4n) is 0.659. The van der Waals surface area contributed by atoms with Crippen molar-refractivity contribution in [1.29, 1.82) is 0 Å². The maximum Gasteiger partial charge on any atom is 0.0503 e. The Morgan fingerprint density at radius 3 is 2.91 bits per heavy atom. The van der Waals surface area contributed by atoms with Crippen LogP contribution in [0.5, 0.6) is 0 Å². The van der Waals surface area contributed by atoms with Gasteiger partial charge in [-0.2, -0.15) is 0 Å². The van der Waals surface area contributed by atoms with E-state index in [1.54, 1.807) is 0 Å². The first kappa shape index (κ1) is 11.0. The zero-order chi connectivity index (χ0) is 8.53. The third-order valence-electron chi connectivity index (χ3n) is 1.36. The molecule has 0 radical (unpaired) electrons. The summed E-state index contributed by atoms with van der Waals surface area (Å²) in [6, 6.07) is 0. The summed E-state index contributed by atoms with van der Waals surface area (Å²) in [5.41, 5.74) is 0. The lowest BCUT2D eigenvalue weighted by molar-refractivity contribution is 0.109. The Morgan fingerprint density at radius 2 is 2.36 bits per heavy atom. The minimum Gasteiger partial charge on any atom is -0.381 e. The van der Waals surface area contributed by atoms with Crippen LogP contribution in [-0.4, -0.2) is 19.1 Å². The number of hydrogen-bond donors (Lipinski definition) is 0.